The van der Waals surface area contributed by atoms with Crippen molar-refractivity contribution in [2.75, 3.05) is 19.3 Å². The molecule has 1 N–H and O–H groups in total. The lowest BCUT2D eigenvalue weighted by Crippen LogP contribution is -2.53. The second kappa shape index (κ2) is 6.19. The van der Waals surface area contributed by atoms with Crippen LogP contribution in [0.2, 0.25) is 0 Å². The number of fused-ring (bicyclic) bond motifs is 1. The van der Waals surface area contributed by atoms with E-state index < -0.39 is 15.4 Å². The van der Waals surface area contributed by atoms with E-state index in [4.69, 9.17) is 0 Å². The fraction of sp³-hybridized carbons (Fsp3) is 0.667. The molecule has 1 aromatic rings. The monoisotopic (exact) mass is 337 g/mol. The first kappa shape index (κ1) is 16.9. The molecule has 128 valence electrons. The molecule has 4 nitrogen and oxygen atoms in total. The molecular formula is C18H27NO3S. The van der Waals surface area contributed by atoms with Crippen molar-refractivity contribution in [3.8, 4) is 0 Å². The highest BCUT2D eigenvalue weighted by molar-refractivity contribution is 7.90. The van der Waals surface area contributed by atoms with Crippen LogP contribution in [-0.4, -0.2) is 43.4 Å². The molecule has 2 aliphatic rings. The number of likely N-dealkylation sites (tertiary alicyclic amines) is 1. The molecule has 1 heterocycles. The molecule has 1 saturated carbocycles. The highest BCUT2D eigenvalue weighted by Gasteiger charge is 2.43. The van der Waals surface area contributed by atoms with Crippen LogP contribution in [0.4, 0.5) is 0 Å². The van der Waals surface area contributed by atoms with Gasteiger partial charge in [-0.05, 0) is 43.9 Å². The molecule has 0 spiro atoms. The summed E-state index contributed by atoms with van der Waals surface area (Å²) in [5, 5.41) is 10.8. The highest BCUT2D eigenvalue weighted by atomic mass is 32.2. The Morgan fingerprint density at radius 2 is 1.91 bits per heavy atom. The minimum atomic E-state index is -3.14. The zero-order valence-electron chi connectivity index (χ0n) is 14.0. The molecule has 3 atom stereocenters. The van der Waals surface area contributed by atoms with Gasteiger partial charge < -0.3 is 5.11 Å². The van der Waals surface area contributed by atoms with Crippen molar-refractivity contribution >= 4 is 9.84 Å². The lowest BCUT2D eigenvalue weighted by molar-refractivity contribution is -0.102. The maximum atomic E-state index is 11.6. The third-order valence-electron chi connectivity index (χ3n) is 5.80. The number of hydrogen-bond acceptors (Lipinski definition) is 4. The smallest absolute Gasteiger partial charge is 0.175 e. The molecule has 0 bridgehead atoms. The van der Waals surface area contributed by atoms with E-state index in [1.165, 1.54) is 12.7 Å². The summed E-state index contributed by atoms with van der Waals surface area (Å²) in [6, 6.07) is 7.48. The summed E-state index contributed by atoms with van der Waals surface area (Å²) < 4.78 is 23.1. The number of rotatable bonds is 3. The Morgan fingerprint density at radius 3 is 2.57 bits per heavy atom. The van der Waals surface area contributed by atoms with Gasteiger partial charge in [-0.3, -0.25) is 4.90 Å². The van der Waals surface area contributed by atoms with Gasteiger partial charge in [-0.2, -0.15) is 0 Å². The number of benzene rings is 1. The Hall–Kier alpha value is -0.910. The molecule has 1 aromatic carbocycles. The Kier molecular flexibility index (Phi) is 4.55. The lowest BCUT2D eigenvalue weighted by atomic mass is 9.71. The average molecular weight is 337 g/mol. The van der Waals surface area contributed by atoms with Crippen LogP contribution in [0.3, 0.4) is 0 Å². The third kappa shape index (κ3) is 3.47. The molecule has 3 unspecified atom stereocenters. The van der Waals surface area contributed by atoms with E-state index in [-0.39, 0.29) is 6.04 Å². The maximum Gasteiger partial charge on any atom is 0.175 e. The van der Waals surface area contributed by atoms with Gasteiger partial charge in [-0.15, -0.1) is 0 Å². The normalized spacial score (nSPS) is 30.7. The number of piperidine rings is 1. The van der Waals surface area contributed by atoms with E-state index in [1.807, 2.05) is 12.1 Å². The Labute approximate surface area is 139 Å². The summed E-state index contributed by atoms with van der Waals surface area (Å²) in [4.78, 5) is 2.80. The van der Waals surface area contributed by atoms with Gasteiger partial charge >= 0.3 is 0 Å². The van der Waals surface area contributed by atoms with Crippen LogP contribution in [-0.2, 0) is 9.84 Å². The van der Waals surface area contributed by atoms with E-state index >= 15 is 0 Å². The van der Waals surface area contributed by atoms with Gasteiger partial charge in [0.25, 0.3) is 0 Å². The van der Waals surface area contributed by atoms with Gasteiger partial charge in [-0.1, -0.05) is 25.0 Å². The fourth-order valence-corrected chi connectivity index (χ4v) is 4.78. The standard InChI is InChI=1S/C18H27NO3S/c1-14(15-6-8-17(9-7-15)23(2,21)22)19-12-11-18(20)10-4-3-5-16(18)13-19/h6-9,14,16,20H,3-5,10-13H2,1-2H3. The predicted molar refractivity (Wildman–Crippen MR) is 91.1 cm³/mol. The van der Waals surface area contributed by atoms with Crippen LogP contribution < -0.4 is 0 Å². The van der Waals surface area contributed by atoms with Crippen molar-refractivity contribution in [3.63, 3.8) is 0 Å². The molecule has 2 fully saturated rings. The first-order valence-electron chi connectivity index (χ1n) is 8.56. The van der Waals surface area contributed by atoms with Gasteiger partial charge in [0.1, 0.15) is 0 Å². The topological polar surface area (TPSA) is 57.6 Å². The number of sulfone groups is 1. The minimum absolute atomic E-state index is 0.245. The van der Waals surface area contributed by atoms with Crippen LogP contribution in [0.15, 0.2) is 29.2 Å². The fourth-order valence-electron chi connectivity index (χ4n) is 4.15. The lowest BCUT2D eigenvalue weighted by Gasteiger charge is -2.49. The second-order valence-electron chi connectivity index (χ2n) is 7.31. The minimum Gasteiger partial charge on any atom is -0.390 e. The van der Waals surface area contributed by atoms with Crippen molar-refractivity contribution < 1.29 is 13.5 Å². The molecule has 1 saturated heterocycles. The summed E-state index contributed by atoms with van der Waals surface area (Å²) in [7, 11) is -3.14. The van der Waals surface area contributed by atoms with Crippen molar-refractivity contribution in [2.45, 2.75) is 55.6 Å². The summed E-state index contributed by atoms with van der Waals surface area (Å²) in [5.74, 6) is 0.378. The Bertz CT molecular complexity index is 655. The van der Waals surface area contributed by atoms with E-state index in [0.717, 1.165) is 44.3 Å². The highest BCUT2D eigenvalue weighted by Crippen LogP contribution is 2.41. The summed E-state index contributed by atoms with van der Waals surface area (Å²) in [5.41, 5.74) is 0.688. The predicted octanol–water partition coefficient (Wildman–Crippen LogP) is 2.78. The summed E-state index contributed by atoms with van der Waals surface area (Å²) >= 11 is 0. The van der Waals surface area contributed by atoms with E-state index in [0.29, 0.717) is 10.8 Å². The van der Waals surface area contributed by atoms with Crippen LogP contribution in [0.1, 0.15) is 50.6 Å². The van der Waals surface area contributed by atoms with Crippen molar-refractivity contribution in [1.82, 2.24) is 4.90 Å². The second-order valence-corrected chi connectivity index (χ2v) is 9.32. The van der Waals surface area contributed by atoms with E-state index in [9.17, 15) is 13.5 Å². The molecular weight excluding hydrogens is 310 g/mol. The van der Waals surface area contributed by atoms with Crippen molar-refractivity contribution in [3.05, 3.63) is 29.8 Å². The molecule has 0 aromatic heterocycles. The SMILES string of the molecule is CC(c1ccc(S(C)(=O)=O)cc1)N1CCC2(O)CCCCC2C1. The molecule has 1 aliphatic carbocycles. The van der Waals surface area contributed by atoms with Crippen LogP contribution in [0.5, 0.6) is 0 Å². The quantitative estimate of drug-likeness (QED) is 0.921. The van der Waals surface area contributed by atoms with Crippen molar-refractivity contribution in [1.29, 1.82) is 0 Å². The van der Waals surface area contributed by atoms with Gasteiger partial charge in [0, 0.05) is 31.3 Å². The Morgan fingerprint density at radius 1 is 1.22 bits per heavy atom. The largest absolute Gasteiger partial charge is 0.390 e. The molecule has 0 radical (unpaired) electrons. The summed E-state index contributed by atoms with van der Waals surface area (Å²) in [6.45, 7) is 4.01. The van der Waals surface area contributed by atoms with Crippen molar-refractivity contribution in [2.24, 2.45) is 5.92 Å². The number of aliphatic hydroxyl groups is 1. The third-order valence-corrected chi connectivity index (χ3v) is 6.93. The van der Waals surface area contributed by atoms with Crippen LogP contribution >= 0.6 is 0 Å². The Balaban J connectivity index is 1.72. The van der Waals surface area contributed by atoms with E-state index in [2.05, 4.69) is 11.8 Å². The number of nitrogens with zero attached hydrogens (tertiary/aromatic N) is 1. The van der Waals surface area contributed by atoms with Gasteiger partial charge in [0.05, 0.1) is 10.5 Å². The van der Waals surface area contributed by atoms with Gasteiger partial charge in [0.2, 0.25) is 0 Å². The summed E-state index contributed by atoms with van der Waals surface area (Å²) in [6.07, 6.45) is 6.52. The molecule has 5 heteroatoms. The van der Waals surface area contributed by atoms with Gasteiger partial charge in [0.15, 0.2) is 9.84 Å². The average Bonchev–Trinajstić information content (AvgIpc) is 2.52. The molecule has 1 aliphatic heterocycles. The van der Waals surface area contributed by atoms with E-state index in [1.54, 1.807) is 12.1 Å². The van der Waals surface area contributed by atoms with Crippen LogP contribution in [0, 0.1) is 5.92 Å². The first-order chi connectivity index (χ1) is 10.8. The zero-order valence-corrected chi connectivity index (χ0v) is 14.8. The first-order valence-corrected chi connectivity index (χ1v) is 10.5. The molecule has 23 heavy (non-hydrogen) atoms. The maximum absolute atomic E-state index is 11.6. The molecule has 3 rings (SSSR count). The van der Waals surface area contributed by atoms with Crippen LogP contribution in [0.25, 0.3) is 0 Å². The number of hydrogen-bond donors (Lipinski definition) is 1. The van der Waals surface area contributed by atoms with Gasteiger partial charge in [-0.25, -0.2) is 8.42 Å². The zero-order chi connectivity index (χ0) is 16.7. The molecule has 0 amide bonds.